The highest BCUT2D eigenvalue weighted by Gasteiger charge is 2.43. The number of hydrogen-bond donors (Lipinski definition) is 0. The molecular weight excluding hydrogens is 460 g/mol. The van der Waals surface area contributed by atoms with Gasteiger partial charge in [0.15, 0.2) is 0 Å². The van der Waals surface area contributed by atoms with Crippen LogP contribution in [0.1, 0.15) is 93.3 Å². The third kappa shape index (κ3) is 4.94. The Labute approximate surface area is 210 Å². The number of fused-ring (bicyclic) bond motifs is 2. The zero-order chi connectivity index (χ0) is 25.7. The van der Waals surface area contributed by atoms with E-state index in [2.05, 4.69) is 6.92 Å². The van der Waals surface area contributed by atoms with Crippen molar-refractivity contribution in [2.24, 2.45) is 0 Å². The number of benzene rings is 2. The van der Waals surface area contributed by atoms with Gasteiger partial charge >= 0.3 is 5.97 Å². The number of esters is 1. The number of amides is 4. The topological polar surface area (TPSA) is 101 Å². The second kappa shape index (κ2) is 11.3. The third-order valence-electron chi connectivity index (χ3n) is 6.64. The monoisotopic (exact) mass is 490 g/mol. The predicted octanol–water partition coefficient (Wildman–Crippen LogP) is 4.24. The first-order valence-corrected chi connectivity index (χ1v) is 12.5. The van der Waals surface area contributed by atoms with E-state index in [4.69, 9.17) is 4.74 Å². The lowest BCUT2D eigenvalue weighted by atomic mass is 10.1. The Morgan fingerprint density at radius 2 is 1.25 bits per heavy atom. The van der Waals surface area contributed by atoms with E-state index < -0.39 is 23.8 Å². The summed E-state index contributed by atoms with van der Waals surface area (Å²) < 4.78 is 5.46. The Balaban J connectivity index is 1.40. The molecule has 4 amide bonds. The molecule has 36 heavy (non-hydrogen) atoms. The number of rotatable bonds is 12. The van der Waals surface area contributed by atoms with Crippen molar-refractivity contribution in [2.75, 3.05) is 13.2 Å². The molecular formula is C28H30N2O6. The molecule has 0 aliphatic carbocycles. The molecule has 0 saturated heterocycles. The second-order valence-corrected chi connectivity index (χ2v) is 9.07. The summed E-state index contributed by atoms with van der Waals surface area (Å²) in [7, 11) is 0. The van der Waals surface area contributed by atoms with E-state index in [1.165, 1.54) is 4.90 Å². The van der Waals surface area contributed by atoms with E-state index >= 15 is 0 Å². The summed E-state index contributed by atoms with van der Waals surface area (Å²) >= 11 is 0. The molecule has 2 heterocycles. The normalized spacial score (nSPS) is 15.4. The highest BCUT2D eigenvalue weighted by atomic mass is 16.5. The van der Waals surface area contributed by atoms with Crippen molar-refractivity contribution in [1.29, 1.82) is 0 Å². The molecule has 8 heteroatoms. The first-order valence-electron chi connectivity index (χ1n) is 12.5. The number of carbonyl (C=O) groups excluding carboxylic acids is 5. The third-order valence-corrected chi connectivity index (χ3v) is 6.64. The average molecular weight is 491 g/mol. The fourth-order valence-electron chi connectivity index (χ4n) is 4.69. The molecule has 0 radical (unpaired) electrons. The van der Waals surface area contributed by atoms with Gasteiger partial charge in [0.05, 0.1) is 28.9 Å². The Kier molecular flexibility index (Phi) is 7.93. The maximum Gasteiger partial charge on any atom is 0.329 e. The lowest BCUT2D eigenvalue weighted by Crippen LogP contribution is -2.45. The number of unbranched alkanes of at least 4 members (excludes halogenated alkanes) is 4. The van der Waals surface area contributed by atoms with Crippen LogP contribution in [0, 0.1) is 0 Å². The van der Waals surface area contributed by atoms with Gasteiger partial charge in [-0.05, 0) is 49.9 Å². The highest BCUT2D eigenvalue weighted by molar-refractivity contribution is 6.23. The Bertz CT molecular complexity index is 1120. The molecule has 2 aromatic rings. The quantitative estimate of drug-likeness (QED) is 0.251. The molecule has 0 spiro atoms. The molecule has 0 aromatic heterocycles. The van der Waals surface area contributed by atoms with Gasteiger partial charge in [-0.1, -0.05) is 50.5 Å². The summed E-state index contributed by atoms with van der Waals surface area (Å²) in [6.07, 6.45) is 4.76. The summed E-state index contributed by atoms with van der Waals surface area (Å²) in [6, 6.07) is 12.1. The van der Waals surface area contributed by atoms with Crippen LogP contribution in [0.3, 0.4) is 0 Å². The van der Waals surface area contributed by atoms with E-state index in [9.17, 15) is 24.0 Å². The average Bonchev–Trinajstić information content (AvgIpc) is 3.29. The molecule has 1 atom stereocenters. The van der Waals surface area contributed by atoms with Gasteiger partial charge in [0.25, 0.3) is 23.6 Å². The summed E-state index contributed by atoms with van der Waals surface area (Å²) in [6.45, 7) is 2.51. The van der Waals surface area contributed by atoms with Crippen molar-refractivity contribution < 1.29 is 28.7 Å². The van der Waals surface area contributed by atoms with Crippen LogP contribution in [-0.4, -0.2) is 58.6 Å². The molecule has 2 aliphatic heterocycles. The van der Waals surface area contributed by atoms with Crippen LogP contribution in [0.15, 0.2) is 48.5 Å². The van der Waals surface area contributed by atoms with Gasteiger partial charge in [-0.15, -0.1) is 0 Å². The maximum atomic E-state index is 13.0. The molecule has 4 rings (SSSR count). The highest BCUT2D eigenvalue weighted by Crippen LogP contribution is 2.28. The smallest absolute Gasteiger partial charge is 0.329 e. The number of ether oxygens (including phenoxy) is 1. The van der Waals surface area contributed by atoms with Crippen molar-refractivity contribution in [3.05, 3.63) is 70.8 Å². The van der Waals surface area contributed by atoms with Gasteiger partial charge in [-0.2, -0.15) is 0 Å². The number of hydrogen-bond acceptors (Lipinski definition) is 6. The molecule has 2 aliphatic rings. The van der Waals surface area contributed by atoms with E-state index in [1.807, 2.05) is 0 Å². The maximum absolute atomic E-state index is 13.0. The molecule has 0 saturated carbocycles. The number of carbonyl (C=O) groups is 5. The van der Waals surface area contributed by atoms with Crippen LogP contribution < -0.4 is 0 Å². The summed E-state index contributed by atoms with van der Waals surface area (Å²) in [5, 5.41) is 0. The van der Waals surface area contributed by atoms with Gasteiger partial charge in [0.1, 0.15) is 6.04 Å². The van der Waals surface area contributed by atoms with Crippen LogP contribution in [-0.2, 0) is 9.53 Å². The minimum Gasteiger partial charge on any atom is -0.464 e. The standard InChI is InChI=1S/C28H30N2O6/c1-2-3-4-11-18-36-28(35)23(30-26(33)21-14-7-8-15-22(21)27(30)34)16-9-10-17-29-24(31)19-12-5-6-13-20(19)25(29)32/h5-8,12-15,23H,2-4,9-11,16-18H2,1H3/t23-/m1/s1. The lowest BCUT2D eigenvalue weighted by molar-refractivity contribution is -0.148. The summed E-state index contributed by atoms with van der Waals surface area (Å²) in [5.41, 5.74) is 1.32. The van der Waals surface area contributed by atoms with Crippen LogP contribution in [0.25, 0.3) is 0 Å². The van der Waals surface area contributed by atoms with Crippen molar-refractivity contribution in [1.82, 2.24) is 9.80 Å². The SMILES string of the molecule is CCCCCCOC(=O)[C@@H](CCCCN1C(=O)c2ccccc2C1=O)N1C(=O)c2ccccc2C1=O. The van der Waals surface area contributed by atoms with E-state index in [-0.39, 0.29) is 42.5 Å². The molecule has 0 bridgehead atoms. The van der Waals surface area contributed by atoms with Gasteiger partial charge < -0.3 is 4.74 Å². The number of imide groups is 2. The summed E-state index contributed by atoms with van der Waals surface area (Å²) in [5.74, 6) is -2.30. The zero-order valence-electron chi connectivity index (χ0n) is 20.4. The van der Waals surface area contributed by atoms with Gasteiger partial charge in [-0.3, -0.25) is 29.0 Å². The van der Waals surface area contributed by atoms with Crippen molar-refractivity contribution >= 4 is 29.6 Å². The van der Waals surface area contributed by atoms with Crippen LogP contribution in [0.5, 0.6) is 0 Å². The van der Waals surface area contributed by atoms with Gasteiger partial charge in [0.2, 0.25) is 0 Å². The van der Waals surface area contributed by atoms with Crippen LogP contribution >= 0.6 is 0 Å². The largest absolute Gasteiger partial charge is 0.464 e. The van der Waals surface area contributed by atoms with E-state index in [1.54, 1.807) is 48.5 Å². The summed E-state index contributed by atoms with van der Waals surface area (Å²) in [4.78, 5) is 66.5. The van der Waals surface area contributed by atoms with Crippen molar-refractivity contribution in [2.45, 2.75) is 57.9 Å². The van der Waals surface area contributed by atoms with Crippen LogP contribution in [0.2, 0.25) is 0 Å². The Morgan fingerprint density at radius 1 is 0.722 bits per heavy atom. The molecule has 0 unspecified atom stereocenters. The fourth-order valence-corrected chi connectivity index (χ4v) is 4.69. The van der Waals surface area contributed by atoms with E-state index in [0.717, 1.165) is 24.2 Å². The van der Waals surface area contributed by atoms with Crippen molar-refractivity contribution in [3.8, 4) is 0 Å². The molecule has 8 nitrogen and oxygen atoms in total. The Hall–Kier alpha value is -3.81. The van der Waals surface area contributed by atoms with Gasteiger partial charge in [0, 0.05) is 6.54 Å². The van der Waals surface area contributed by atoms with Crippen molar-refractivity contribution in [3.63, 3.8) is 0 Å². The molecule has 0 N–H and O–H groups in total. The Morgan fingerprint density at radius 3 is 1.78 bits per heavy atom. The van der Waals surface area contributed by atoms with Crippen LogP contribution in [0.4, 0.5) is 0 Å². The predicted molar refractivity (Wildman–Crippen MR) is 131 cm³/mol. The molecule has 2 aromatic carbocycles. The lowest BCUT2D eigenvalue weighted by Gasteiger charge is -2.25. The first-order chi connectivity index (χ1) is 17.5. The van der Waals surface area contributed by atoms with Gasteiger partial charge in [-0.25, -0.2) is 4.79 Å². The molecule has 0 fully saturated rings. The fraction of sp³-hybridized carbons (Fsp3) is 0.393. The first kappa shape index (κ1) is 25.3. The zero-order valence-corrected chi connectivity index (χ0v) is 20.4. The minimum absolute atomic E-state index is 0.183. The van der Waals surface area contributed by atoms with E-state index in [0.29, 0.717) is 30.4 Å². The second-order valence-electron chi connectivity index (χ2n) is 9.07. The number of nitrogens with zero attached hydrogens (tertiary/aromatic N) is 2. The minimum atomic E-state index is -1.06. The molecule has 188 valence electrons.